The molecule has 0 heterocycles. The molecule has 110 valence electrons. The first-order valence-corrected chi connectivity index (χ1v) is 6.81. The van der Waals surface area contributed by atoms with Crippen molar-refractivity contribution >= 4 is 33.4 Å². The third-order valence-electron chi connectivity index (χ3n) is 2.58. The van der Waals surface area contributed by atoms with Crippen molar-refractivity contribution in [3.8, 4) is 0 Å². The summed E-state index contributed by atoms with van der Waals surface area (Å²) in [4.78, 5) is 25.2. The van der Waals surface area contributed by atoms with Gasteiger partial charge in [-0.3, -0.25) is 9.59 Å². The Bertz CT molecular complexity index is 494. The Balaban J connectivity index is 2.62. The molecule has 0 aromatic heterocycles. The van der Waals surface area contributed by atoms with Gasteiger partial charge in [0.15, 0.2) is 0 Å². The van der Waals surface area contributed by atoms with Crippen molar-refractivity contribution in [2.75, 3.05) is 39.6 Å². The molecule has 0 aliphatic heterocycles. The van der Waals surface area contributed by atoms with Gasteiger partial charge < -0.3 is 20.7 Å². The second-order valence-electron chi connectivity index (χ2n) is 4.24. The lowest BCUT2D eigenvalue weighted by Crippen LogP contribution is -2.39. The molecule has 2 amide bonds. The van der Waals surface area contributed by atoms with E-state index >= 15 is 0 Å². The highest BCUT2D eigenvalue weighted by atomic mass is 79.9. The fourth-order valence-electron chi connectivity index (χ4n) is 1.55. The van der Waals surface area contributed by atoms with Crippen LogP contribution in [0, 0.1) is 0 Å². The number of nitrogens with zero attached hydrogens (tertiary/aromatic N) is 1. The van der Waals surface area contributed by atoms with Crippen LogP contribution < -0.4 is 11.1 Å². The number of nitrogen functional groups attached to an aromatic ring is 1. The first-order valence-electron chi connectivity index (χ1n) is 6.02. The van der Waals surface area contributed by atoms with Gasteiger partial charge in [-0.05, 0) is 34.1 Å². The minimum Gasteiger partial charge on any atom is -0.399 e. The number of amides is 2. The Hall–Kier alpha value is -1.60. The molecular weight excluding hydrogens is 326 g/mol. The summed E-state index contributed by atoms with van der Waals surface area (Å²) in [5, 5.41) is 2.65. The molecule has 1 aromatic rings. The fraction of sp³-hybridized carbons (Fsp3) is 0.385. The van der Waals surface area contributed by atoms with Crippen LogP contribution in [0.3, 0.4) is 0 Å². The number of ether oxygens (including phenoxy) is 1. The number of methoxy groups -OCH3 is 1. The molecular formula is C13H18BrN3O3. The van der Waals surface area contributed by atoms with Crippen LogP contribution in [0.15, 0.2) is 22.7 Å². The largest absolute Gasteiger partial charge is 0.399 e. The van der Waals surface area contributed by atoms with E-state index in [1.165, 1.54) is 4.90 Å². The van der Waals surface area contributed by atoms with Crippen molar-refractivity contribution < 1.29 is 14.3 Å². The lowest BCUT2D eigenvalue weighted by atomic mass is 10.2. The Morgan fingerprint density at radius 3 is 2.80 bits per heavy atom. The Morgan fingerprint density at radius 2 is 2.15 bits per heavy atom. The van der Waals surface area contributed by atoms with E-state index < -0.39 is 0 Å². The summed E-state index contributed by atoms with van der Waals surface area (Å²) in [5.41, 5.74) is 6.59. The topological polar surface area (TPSA) is 84.7 Å². The summed E-state index contributed by atoms with van der Waals surface area (Å²) in [5.74, 6) is -0.510. The average Bonchev–Trinajstić information content (AvgIpc) is 2.41. The van der Waals surface area contributed by atoms with E-state index in [-0.39, 0.29) is 18.4 Å². The highest BCUT2D eigenvalue weighted by Crippen LogP contribution is 2.20. The monoisotopic (exact) mass is 343 g/mol. The number of halogens is 1. The summed E-state index contributed by atoms with van der Waals surface area (Å²) < 4.78 is 5.47. The second-order valence-corrected chi connectivity index (χ2v) is 5.10. The number of carbonyl (C=O) groups is 2. The van der Waals surface area contributed by atoms with E-state index in [9.17, 15) is 9.59 Å². The van der Waals surface area contributed by atoms with Crippen molar-refractivity contribution in [3.63, 3.8) is 0 Å². The summed E-state index contributed by atoms with van der Waals surface area (Å²) in [6.07, 6.45) is 0. The Kier molecular flexibility index (Phi) is 6.47. The van der Waals surface area contributed by atoms with Gasteiger partial charge in [0.25, 0.3) is 5.91 Å². The molecule has 3 N–H and O–H groups in total. The third kappa shape index (κ3) is 4.82. The van der Waals surface area contributed by atoms with Crippen LogP contribution in [-0.2, 0) is 9.53 Å². The normalized spacial score (nSPS) is 10.2. The van der Waals surface area contributed by atoms with Gasteiger partial charge in [0.2, 0.25) is 5.91 Å². The first-order chi connectivity index (χ1) is 9.45. The maximum atomic E-state index is 12.2. The minimum atomic E-state index is -0.272. The number of hydrogen-bond donors (Lipinski definition) is 2. The zero-order valence-corrected chi connectivity index (χ0v) is 13.1. The highest BCUT2D eigenvalue weighted by Gasteiger charge is 2.17. The molecule has 0 aliphatic carbocycles. The summed E-state index contributed by atoms with van der Waals surface area (Å²) in [6, 6.07) is 4.97. The molecule has 1 rings (SSSR count). The zero-order chi connectivity index (χ0) is 15.1. The van der Waals surface area contributed by atoms with E-state index in [0.29, 0.717) is 28.9 Å². The van der Waals surface area contributed by atoms with E-state index in [1.807, 2.05) is 0 Å². The molecule has 0 spiro atoms. The summed E-state index contributed by atoms with van der Waals surface area (Å²) >= 11 is 3.30. The van der Waals surface area contributed by atoms with Gasteiger partial charge >= 0.3 is 0 Å². The quantitative estimate of drug-likeness (QED) is 0.592. The van der Waals surface area contributed by atoms with Crippen LogP contribution in [-0.4, -0.2) is 50.6 Å². The SMILES string of the molecule is COCCNC(=O)CN(C)C(=O)c1cc(N)ccc1Br. The molecule has 6 nitrogen and oxygen atoms in total. The maximum absolute atomic E-state index is 12.2. The van der Waals surface area contributed by atoms with Gasteiger partial charge in [-0.2, -0.15) is 0 Å². The van der Waals surface area contributed by atoms with Crippen LogP contribution in [0.2, 0.25) is 0 Å². The molecule has 0 fully saturated rings. The van der Waals surface area contributed by atoms with Crippen molar-refractivity contribution in [3.05, 3.63) is 28.2 Å². The number of nitrogens with one attached hydrogen (secondary N) is 1. The summed E-state index contributed by atoms with van der Waals surface area (Å²) in [7, 11) is 3.12. The van der Waals surface area contributed by atoms with Crippen LogP contribution in [0.25, 0.3) is 0 Å². The van der Waals surface area contributed by atoms with Crippen LogP contribution in [0.5, 0.6) is 0 Å². The van der Waals surface area contributed by atoms with Gasteiger partial charge in [0.1, 0.15) is 0 Å². The zero-order valence-electron chi connectivity index (χ0n) is 11.5. The van der Waals surface area contributed by atoms with Crippen LogP contribution in [0.1, 0.15) is 10.4 Å². The van der Waals surface area contributed by atoms with Crippen molar-refractivity contribution in [2.24, 2.45) is 0 Å². The smallest absolute Gasteiger partial charge is 0.255 e. The number of carbonyl (C=O) groups excluding carboxylic acids is 2. The maximum Gasteiger partial charge on any atom is 0.255 e. The van der Waals surface area contributed by atoms with Crippen LogP contribution in [0.4, 0.5) is 5.69 Å². The number of hydrogen-bond acceptors (Lipinski definition) is 4. The predicted molar refractivity (Wildman–Crippen MR) is 80.4 cm³/mol. The first kappa shape index (κ1) is 16.5. The van der Waals surface area contributed by atoms with Crippen molar-refractivity contribution in [1.29, 1.82) is 0 Å². The van der Waals surface area contributed by atoms with E-state index in [0.717, 1.165) is 0 Å². The van der Waals surface area contributed by atoms with E-state index in [2.05, 4.69) is 21.2 Å². The third-order valence-corrected chi connectivity index (χ3v) is 3.27. The molecule has 0 radical (unpaired) electrons. The van der Waals surface area contributed by atoms with Gasteiger partial charge in [-0.25, -0.2) is 0 Å². The number of rotatable bonds is 6. The molecule has 0 atom stereocenters. The standard InChI is InChI=1S/C13H18BrN3O3/c1-17(8-12(18)16-5-6-20-2)13(19)10-7-9(15)3-4-11(10)14/h3-4,7H,5-6,8,15H2,1-2H3,(H,16,18). The number of likely N-dealkylation sites (N-methyl/N-ethyl adjacent to an activating group) is 1. The number of anilines is 1. The van der Waals surface area contributed by atoms with Crippen LogP contribution >= 0.6 is 15.9 Å². The van der Waals surface area contributed by atoms with Gasteiger partial charge in [-0.15, -0.1) is 0 Å². The molecule has 20 heavy (non-hydrogen) atoms. The molecule has 7 heteroatoms. The molecule has 0 aliphatic rings. The number of benzene rings is 1. The average molecular weight is 344 g/mol. The van der Waals surface area contributed by atoms with E-state index in [4.69, 9.17) is 10.5 Å². The fourth-order valence-corrected chi connectivity index (χ4v) is 1.96. The summed E-state index contributed by atoms with van der Waals surface area (Å²) in [6.45, 7) is 0.827. The predicted octanol–water partition coefficient (Wildman–Crippen LogP) is 0.866. The molecule has 0 bridgehead atoms. The molecule has 0 saturated heterocycles. The lowest BCUT2D eigenvalue weighted by molar-refractivity contribution is -0.121. The Labute approximate surface area is 126 Å². The van der Waals surface area contributed by atoms with Crippen molar-refractivity contribution in [1.82, 2.24) is 10.2 Å². The Morgan fingerprint density at radius 1 is 1.45 bits per heavy atom. The van der Waals surface area contributed by atoms with E-state index in [1.54, 1.807) is 32.4 Å². The molecule has 0 unspecified atom stereocenters. The highest BCUT2D eigenvalue weighted by molar-refractivity contribution is 9.10. The molecule has 0 saturated carbocycles. The minimum absolute atomic E-state index is 0.0240. The number of nitrogens with two attached hydrogens (primary N) is 1. The second kappa shape index (κ2) is 7.86. The van der Waals surface area contributed by atoms with Crippen molar-refractivity contribution in [2.45, 2.75) is 0 Å². The molecule has 1 aromatic carbocycles. The van der Waals surface area contributed by atoms with Gasteiger partial charge in [0, 0.05) is 30.9 Å². The lowest BCUT2D eigenvalue weighted by Gasteiger charge is -2.17. The van der Waals surface area contributed by atoms with Gasteiger partial charge in [0.05, 0.1) is 18.7 Å². The van der Waals surface area contributed by atoms with Gasteiger partial charge in [-0.1, -0.05) is 0 Å².